The van der Waals surface area contributed by atoms with Crippen LogP contribution in [0.15, 0.2) is 35.2 Å². The van der Waals surface area contributed by atoms with Crippen LogP contribution in [0.3, 0.4) is 0 Å². The number of sulfonamides is 1. The number of rotatable bonds is 6. The molecule has 0 spiro atoms. The summed E-state index contributed by atoms with van der Waals surface area (Å²) >= 11 is 0. The average Bonchev–Trinajstić information content (AvgIpc) is 2.34. The van der Waals surface area contributed by atoms with Crippen molar-refractivity contribution in [3.8, 4) is 0 Å². The van der Waals surface area contributed by atoms with Gasteiger partial charge < -0.3 is 0 Å². The number of hydrogen-bond donors (Lipinski definition) is 1. The van der Waals surface area contributed by atoms with Crippen molar-refractivity contribution < 1.29 is 8.42 Å². The monoisotopic (exact) mass is 267 g/mol. The molecule has 100 valence electrons. The maximum Gasteiger partial charge on any atom is 0.238 e. The standard InChI is InChI=1S/C14H21NO2S/c1-3-5-6-9-12(4-2)13-10-7-8-11-14(13)18(15,16)17/h4,7-8,10-11H,3,5-6,9H2,1-2H3,(H2,15,16,17). The van der Waals surface area contributed by atoms with Gasteiger partial charge in [0.05, 0.1) is 4.90 Å². The summed E-state index contributed by atoms with van der Waals surface area (Å²) in [5, 5.41) is 5.25. The molecule has 0 fully saturated rings. The molecule has 0 saturated carbocycles. The van der Waals surface area contributed by atoms with Crippen molar-refractivity contribution in [1.29, 1.82) is 0 Å². The Labute approximate surface area is 110 Å². The molecule has 1 aromatic rings. The Hall–Kier alpha value is -1.13. The van der Waals surface area contributed by atoms with E-state index in [-0.39, 0.29) is 4.90 Å². The second kappa shape index (κ2) is 6.71. The van der Waals surface area contributed by atoms with E-state index in [2.05, 4.69) is 6.92 Å². The van der Waals surface area contributed by atoms with Gasteiger partial charge in [-0.15, -0.1) is 0 Å². The largest absolute Gasteiger partial charge is 0.238 e. The number of primary sulfonamides is 1. The first-order valence-corrected chi connectivity index (χ1v) is 7.82. The molecule has 0 saturated heterocycles. The van der Waals surface area contributed by atoms with Gasteiger partial charge in [0.25, 0.3) is 0 Å². The van der Waals surface area contributed by atoms with Gasteiger partial charge in [0.1, 0.15) is 0 Å². The van der Waals surface area contributed by atoms with Crippen molar-refractivity contribution in [3.63, 3.8) is 0 Å². The van der Waals surface area contributed by atoms with E-state index in [0.29, 0.717) is 0 Å². The Morgan fingerprint density at radius 3 is 2.50 bits per heavy atom. The van der Waals surface area contributed by atoms with Gasteiger partial charge in [-0.05, 0) is 37.0 Å². The Morgan fingerprint density at radius 2 is 1.94 bits per heavy atom. The third kappa shape index (κ3) is 3.96. The first kappa shape index (κ1) is 14.9. The zero-order valence-corrected chi connectivity index (χ0v) is 11.8. The molecule has 0 heterocycles. The predicted molar refractivity (Wildman–Crippen MR) is 75.6 cm³/mol. The maximum absolute atomic E-state index is 11.6. The summed E-state index contributed by atoms with van der Waals surface area (Å²) in [7, 11) is -3.66. The van der Waals surface area contributed by atoms with Crippen LogP contribution in [0.1, 0.15) is 45.1 Å². The van der Waals surface area contributed by atoms with Gasteiger partial charge in [-0.3, -0.25) is 0 Å². The van der Waals surface area contributed by atoms with Gasteiger partial charge >= 0.3 is 0 Å². The molecule has 3 nitrogen and oxygen atoms in total. The van der Waals surface area contributed by atoms with Crippen LogP contribution >= 0.6 is 0 Å². The van der Waals surface area contributed by atoms with Crippen molar-refractivity contribution in [2.24, 2.45) is 5.14 Å². The summed E-state index contributed by atoms with van der Waals surface area (Å²) in [6, 6.07) is 6.92. The van der Waals surface area contributed by atoms with Crippen molar-refractivity contribution in [2.75, 3.05) is 0 Å². The van der Waals surface area contributed by atoms with Crippen molar-refractivity contribution in [2.45, 2.75) is 44.4 Å². The van der Waals surface area contributed by atoms with Gasteiger partial charge in [0, 0.05) is 0 Å². The van der Waals surface area contributed by atoms with E-state index in [1.54, 1.807) is 12.1 Å². The summed E-state index contributed by atoms with van der Waals surface area (Å²) in [6.45, 7) is 4.08. The number of nitrogens with two attached hydrogens (primary N) is 1. The van der Waals surface area contributed by atoms with E-state index >= 15 is 0 Å². The van der Waals surface area contributed by atoms with E-state index in [0.717, 1.165) is 36.8 Å². The molecule has 0 aliphatic carbocycles. The zero-order chi connectivity index (χ0) is 13.6. The molecule has 1 aromatic carbocycles. The van der Waals surface area contributed by atoms with Crippen molar-refractivity contribution in [3.05, 3.63) is 35.9 Å². The van der Waals surface area contributed by atoms with Crippen LogP contribution in [0.2, 0.25) is 0 Å². The SMILES string of the molecule is CC=C(CCCCC)c1ccccc1S(N)(=O)=O. The molecule has 0 atom stereocenters. The van der Waals surface area contributed by atoms with Crippen molar-refractivity contribution >= 4 is 15.6 Å². The quantitative estimate of drug-likeness (QED) is 0.804. The Balaban J connectivity index is 3.08. The second-order valence-electron chi connectivity index (χ2n) is 4.31. The minimum Gasteiger partial charge on any atom is -0.225 e. The highest BCUT2D eigenvalue weighted by Gasteiger charge is 2.15. The van der Waals surface area contributed by atoms with Gasteiger partial charge in [0.2, 0.25) is 10.0 Å². The molecule has 4 heteroatoms. The number of allylic oxidation sites excluding steroid dienone is 2. The summed E-state index contributed by atoms with van der Waals surface area (Å²) in [5.41, 5.74) is 1.78. The van der Waals surface area contributed by atoms with Crippen LogP contribution in [-0.2, 0) is 10.0 Å². The average molecular weight is 267 g/mol. The normalized spacial score (nSPS) is 12.7. The topological polar surface area (TPSA) is 60.2 Å². The summed E-state index contributed by atoms with van der Waals surface area (Å²) in [6.07, 6.45) is 6.22. The van der Waals surface area contributed by atoms with Crippen LogP contribution in [0, 0.1) is 0 Å². The maximum atomic E-state index is 11.6. The summed E-state index contributed by atoms with van der Waals surface area (Å²) < 4.78 is 23.1. The molecule has 18 heavy (non-hydrogen) atoms. The van der Waals surface area contributed by atoms with E-state index in [9.17, 15) is 8.42 Å². The molecule has 0 bridgehead atoms. The first-order chi connectivity index (χ1) is 8.50. The second-order valence-corrected chi connectivity index (χ2v) is 5.84. The lowest BCUT2D eigenvalue weighted by Gasteiger charge is -2.11. The van der Waals surface area contributed by atoms with Crippen LogP contribution in [0.5, 0.6) is 0 Å². The number of benzene rings is 1. The highest BCUT2D eigenvalue weighted by molar-refractivity contribution is 7.89. The fourth-order valence-electron chi connectivity index (χ4n) is 1.98. The molecule has 1 rings (SSSR count). The van der Waals surface area contributed by atoms with Crippen LogP contribution in [0.4, 0.5) is 0 Å². The molecule has 0 aromatic heterocycles. The first-order valence-electron chi connectivity index (χ1n) is 6.28. The Kier molecular flexibility index (Phi) is 5.56. The van der Waals surface area contributed by atoms with Gasteiger partial charge in [-0.1, -0.05) is 44.0 Å². The number of hydrogen-bond acceptors (Lipinski definition) is 2. The zero-order valence-electron chi connectivity index (χ0n) is 11.0. The summed E-state index contributed by atoms with van der Waals surface area (Å²) in [5.74, 6) is 0. The third-order valence-corrected chi connectivity index (χ3v) is 3.91. The van der Waals surface area contributed by atoms with Crippen LogP contribution in [0.25, 0.3) is 5.57 Å². The Morgan fingerprint density at radius 1 is 1.28 bits per heavy atom. The highest BCUT2D eigenvalue weighted by atomic mass is 32.2. The smallest absolute Gasteiger partial charge is 0.225 e. The van der Waals surface area contributed by atoms with Crippen LogP contribution in [-0.4, -0.2) is 8.42 Å². The van der Waals surface area contributed by atoms with E-state index < -0.39 is 10.0 Å². The lowest BCUT2D eigenvalue weighted by molar-refractivity contribution is 0.597. The van der Waals surface area contributed by atoms with E-state index in [4.69, 9.17) is 5.14 Å². The molecular formula is C14H21NO2S. The lowest BCUT2D eigenvalue weighted by atomic mass is 9.99. The molecule has 0 aliphatic heterocycles. The lowest BCUT2D eigenvalue weighted by Crippen LogP contribution is -2.14. The Bertz CT molecular complexity index is 518. The number of unbranched alkanes of at least 4 members (excludes halogenated alkanes) is 2. The molecule has 0 amide bonds. The molecule has 0 unspecified atom stereocenters. The van der Waals surface area contributed by atoms with Gasteiger partial charge in [0.15, 0.2) is 0 Å². The third-order valence-electron chi connectivity index (χ3n) is 2.94. The van der Waals surface area contributed by atoms with Gasteiger partial charge in [-0.2, -0.15) is 0 Å². The fraction of sp³-hybridized carbons (Fsp3) is 0.429. The van der Waals surface area contributed by atoms with Gasteiger partial charge in [-0.25, -0.2) is 13.6 Å². The van der Waals surface area contributed by atoms with Crippen LogP contribution < -0.4 is 5.14 Å². The highest BCUT2D eigenvalue weighted by Crippen LogP contribution is 2.26. The molecule has 2 N–H and O–H groups in total. The van der Waals surface area contributed by atoms with E-state index in [1.165, 1.54) is 0 Å². The molecular weight excluding hydrogens is 246 g/mol. The minimum atomic E-state index is -3.66. The minimum absolute atomic E-state index is 0.217. The molecule has 0 aliphatic rings. The van der Waals surface area contributed by atoms with E-state index in [1.807, 2.05) is 25.1 Å². The summed E-state index contributed by atoms with van der Waals surface area (Å²) in [4.78, 5) is 0.217. The predicted octanol–water partition coefficient (Wildman–Crippen LogP) is 3.32. The fourth-order valence-corrected chi connectivity index (χ4v) is 2.75. The molecule has 0 radical (unpaired) electrons. The van der Waals surface area contributed by atoms with Crippen molar-refractivity contribution in [1.82, 2.24) is 0 Å².